The molecule has 3 aromatic carbocycles. The van der Waals surface area contributed by atoms with Crippen molar-refractivity contribution in [3.8, 4) is 23.0 Å². The molecule has 1 aromatic heterocycles. The van der Waals surface area contributed by atoms with Gasteiger partial charge in [-0.1, -0.05) is 18.2 Å². The molecule has 0 radical (unpaired) electrons. The van der Waals surface area contributed by atoms with Crippen LogP contribution < -0.4 is 24.3 Å². The summed E-state index contributed by atoms with van der Waals surface area (Å²) in [6.45, 7) is -0.197. The Morgan fingerprint density at radius 3 is 2.23 bits per heavy atom. The number of para-hydroxylation sites is 1. The van der Waals surface area contributed by atoms with Crippen molar-refractivity contribution in [2.24, 2.45) is 0 Å². The lowest BCUT2D eigenvalue weighted by atomic mass is 10.1. The minimum Gasteiger partial charge on any atom is -0.496 e. The Morgan fingerprint density at radius 1 is 0.833 bits per heavy atom. The van der Waals surface area contributed by atoms with Gasteiger partial charge in [0.2, 0.25) is 0 Å². The average molecular weight is 407 g/mol. The Balaban J connectivity index is 1.53. The predicted molar refractivity (Wildman–Crippen MR) is 114 cm³/mol. The highest BCUT2D eigenvalue weighted by molar-refractivity contribution is 6.07. The van der Waals surface area contributed by atoms with E-state index in [1.807, 2.05) is 30.3 Å². The SMILES string of the molecule is COc1cc(OC)cc(OCC(=O)Nc2cc3oc4ccccc4c3cc2OC)c1. The molecule has 0 aliphatic heterocycles. The quantitative estimate of drug-likeness (QED) is 0.481. The third kappa shape index (κ3) is 3.82. The minimum absolute atomic E-state index is 0.197. The monoisotopic (exact) mass is 407 g/mol. The molecule has 0 saturated carbocycles. The molecule has 7 nitrogen and oxygen atoms in total. The van der Waals surface area contributed by atoms with Gasteiger partial charge >= 0.3 is 0 Å². The number of anilines is 1. The fourth-order valence-corrected chi connectivity index (χ4v) is 3.22. The Morgan fingerprint density at radius 2 is 1.53 bits per heavy atom. The molecule has 1 heterocycles. The first kappa shape index (κ1) is 19.4. The van der Waals surface area contributed by atoms with E-state index in [2.05, 4.69) is 5.32 Å². The highest BCUT2D eigenvalue weighted by atomic mass is 16.5. The van der Waals surface area contributed by atoms with Crippen LogP contribution in [-0.4, -0.2) is 33.8 Å². The van der Waals surface area contributed by atoms with Gasteiger partial charge in [0.05, 0.1) is 27.0 Å². The maximum atomic E-state index is 12.5. The molecule has 0 atom stereocenters. The Bertz CT molecular complexity index is 1190. The van der Waals surface area contributed by atoms with Crippen molar-refractivity contribution >= 4 is 33.5 Å². The highest BCUT2D eigenvalue weighted by Crippen LogP contribution is 2.36. The van der Waals surface area contributed by atoms with Gasteiger partial charge in [-0.25, -0.2) is 0 Å². The van der Waals surface area contributed by atoms with Gasteiger partial charge in [-0.3, -0.25) is 4.79 Å². The molecule has 154 valence electrons. The van der Waals surface area contributed by atoms with Crippen LogP contribution in [0, 0.1) is 0 Å². The van der Waals surface area contributed by atoms with Gasteiger partial charge in [-0.05, 0) is 12.1 Å². The number of furan rings is 1. The summed E-state index contributed by atoms with van der Waals surface area (Å²) >= 11 is 0. The number of carbonyl (C=O) groups excluding carboxylic acids is 1. The zero-order chi connectivity index (χ0) is 21.1. The number of fused-ring (bicyclic) bond motifs is 3. The van der Waals surface area contributed by atoms with E-state index in [0.717, 1.165) is 16.4 Å². The molecule has 0 aliphatic carbocycles. The van der Waals surface area contributed by atoms with Crippen LogP contribution in [0.4, 0.5) is 5.69 Å². The van der Waals surface area contributed by atoms with Crippen molar-refractivity contribution in [2.45, 2.75) is 0 Å². The molecule has 7 heteroatoms. The fraction of sp³-hybridized carbons (Fsp3) is 0.174. The first-order valence-electron chi connectivity index (χ1n) is 9.26. The van der Waals surface area contributed by atoms with Crippen molar-refractivity contribution in [3.63, 3.8) is 0 Å². The minimum atomic E-state index is -0.342. The van der Waals surface area contributed by atoms with Crippen LogP contribution >= 0.6 is 0 Å². The highest BCUT2D eigenvalue weighted by Gasteiger charge is 2.14. The first-order chi connectivity index (χ1) is 14.6. The van der Waals surface area contributed by atoms with E-state index in [-0.39, 0.29) is 12.5 Å². The van der Waals surface area contributed by atoms with Crippen molar-refractivity contribution in [3.05, 3.63) is 54.6 Å². The Labute approximate surface area is 173 Å². The summed E-state index contributed by atoms with van der Waals surface area (Å²) in [7, 11) is 4.65. The average Bonchev–Trinajstić information content (AvgIpc) is 3.14. The van der Waals surface area contributed by atoms with E-state index < -0.39 is 0 Å². The molecule has 0 spiro atoms. The van der Waals surface area contributed by atoms with E-state index in [1.165, 1.54) is 0 Å². The second-order valence-electron chi connectivity index (χ2n) is 6.53. The molecule has 0 bridgehead atoms. The number of rotatable bonds is 7. The summed E-state index contributed by atoms with van der Waals surface area (Å²) in [5.74, 6) is 1.79. The Kier molecular flexibility index (Phi) is 5.34. The molecule has 0 fully saturated rings. The van der Waals surface area contributed by atoms with Gasteiger partial charge in [0.15, 0.2) is 6.61 Å². The van der Waals surface area contributed by atoms with Crippen LogP contribution in [0.3, 0.4) is 0 Å². The lowest BCUT2D eigenvalue weighted by Crippen LogP contribution is -2.20. The summed E-state index contributed by atoms with van der Waals surface area (Å²) in [4.78, 5) is 12.5. The maximum absolute atomic E-state index is 12.5. The Hall–Kier alpha value is -3.87. The van der Waals surface area contributed by atoms with Gasteiger partial charge in [-0.15, -0.1) is 0 Å². The van der Waals surface area contributed by atoms with Crippen molar-refractivity contribution < 1.29 is 28.2 Å². The van der Waals surface area contributed by atoms with Crippen molar-refractivity contribution in [1.82, 2.24) is 0 Å². The van der Waals surface area contributed by atoms with E-state index in [4.69, 9.17) is 23.4 Å². The fourth-order valence-electron chi connectivity index (χ4n) is 3.22. The summed E-state index contributed by atoms with van der Waals surface area (Å²) in [5, 5.41) is 4.72. The largest absolute Gasteiger partial charge is 0.496 e. The summed E-state index contributed by atoms with van der Waals surface area (Å²) < 4.78 is 27.4. The number of benzene rings is 3. The molecule has 1 N–H and O–H groups in total. The molecule has 30 heavy (non-hydrogen) atoms. The smallest absolute Gasteiger partial charge is 0.262 e. The van der Waals surface area contributed by atoms with E-state index >= 15 is 0 Å². The molecule has 1 amide bonds. The molecule has 4 rings (SSSR count). The maximum Gasteiger partial charge on any atom is 0.262 e. The zero-order valence-corrected chi connectivity index (χ0v) is 16.9. The number of carbonyl (C=O) groups is 1. The van der Waals surface area contributed by atoms with Crippen molar-refractivity contribution in [2.75, 3.05) is 33.3 Å². The predicted octanol–water partition coefficient (Wildman–Crippen LogP) is 4.63. The number of nitrogens with one attached hydrogen (secondary N) is 1. The third-order valence-electron chi connectivity index (χ3n) is 4.67. The number of amides is 1. The second-order valence-corrected chi connectivity index (χ2v) is 6.53. The number of hydrogen-bond acceptors (Lipinski definition) is 6. The summed E-state index contributed by atoms with van der Waals surface area (Å²) in [5.41, 5.74) is 1.93. The van der Waals surface area contributed by atoms with Crippen LogP contribution in [0.25, 0.3) is 21.9 Å². The van der Waals surface area contributed by atoms with Gasteiger partial charge in [0.1, 0.15) is 34.2 Å². The first-order valence-corrected chi connectivity index (χ1v) is 9.26. The van der Waals surface area contributed by atoms with Gasteiger partial charge in [0, 0.05) is 35.0 Å². The van der Waals surface area contributed by atoms with Gasteiger partial charge in [0.25, 0.3) is 5.91 Å². The van der Waals surface area contributed by atoms with E-state index in [1.54, 1.807) is 45.6 Å². The van der Waals surface area contributed by atoms with Crippen LogP contribution in [0.2, 0.25) is 0 Å². The molecular formula is C23H21NO6. The van der Waals surface area contributed by atoms with E-state index in [9.17, 15) is 4.79 Å². The summed E-state index contributed by atoms with van der Waals surface area (Å²) in [6, 6.07) is 16.4. The standard InChI is InChI=1S/C23H21NO6/c1-26-14-8-15(27-2)10-16(9-14)29-13-23(25)24-19-12-21-18(11-22(19)28-3)17-6-4-5-7-20(17)30-21/h4-12H,13H2,1-3H3,(H,24,25). The number of hydrogen-bond donors (Lipinski definition) is 1. The zero-order valence-electron chi connectivity index (χ0n) is 16.9. The lowest BCUT2D eigenvalue weighted by molar-refractivity contribution is -0.118. The summed E-state index contributed by atoms with van der Waals surface area (Å²) in [6.07, 6.45) is 0. The molecule has 4 aromatic rings. The number of ether oxygens (including phenoxy) is 4. The normalized spacial score (nSPS) is 10.8. The van der Waals surface area contributed by atoms with Crippen LogP contribution in [0.15, 0.2) is 59.0 Å². The molecular weight excluding hydrogens is 386 g/mol. The molecule has 0 aliphatic rings. The third-order valence-corrected chi connectivity index (χ3v) is 4.67. The van der Waals surface area contributed by atoms with Crippen LogP contribution in [0.1, 0.15) is 0 Å². The van der Waals surface area contributed by atoms with Crippen LogP contribution in [0.5, 0.6) is 23.0 Å². The van der Waals surface area contributed by atoms with Gasteiger partial charge < -0.3 is 28.7 Å². The molecule has 0 unspecified atom stereocenters. The molecule has 0 saturated heterocycles. The second kappa shape index (κ2) is 8.24. The van der Waals surface area contributed by atoms with Crippen LogP contribution in [-0.2, 0) is 4.79 Å². The topological polar surface area (TPSA) is 79.2 Å². The lowest BCUT2D eigenvalue weighted by Gasteiger charge is -2.12. The van der Waals surface area contributed by atoms with Crippen molar-refractivity contribution in [1.29, 1.82) is 0 Å². The van der Waals surface area contributed by atoms with Gasteiger partial charge in [-0.2, -0.15) is 0 Å². The van der Waals surface area contributed by atoms with E-state index in [0.29, 0.717) is 34.3 Å². The number of methoxy groups -OCH3 is 3.